The molecule has 6 heteroatoms. The van der Waals surface area contributed by atoms with E-state index in [1.54, 1.807) is 24.3 Å². The lowest BCUT2D eigenvalue weighted by atomic mass is 10.1. The molecule has 0 aliphatic carbocycles. The highest BCUT2D eigenvalue weighted by Crippen LogP contribution is 2.11. The number of hydrogen-bond donors (Lipinski definition) is 2. The molecule has 6 nitrogen and oxygen atoms in total. The summed E-state index contributed by atoms with van der Waals surface area (Å²) in [5, 5.41) is 5.49. The Morgan fingerprint density at radius 1 is 1.07 bits per heavy atom. The number of urea groups is 1. The maximum atomic E-state index is 12.4. The van der Waals surface area contributed by atoms with E-state index in [4.69, 9.17) is 0 Å². The molecule has 27 heavy (non-hydrogen) atoms. The zero-order valence-electron chi connectivity index (χ0n) is 15.3. The fraction of sp³-hybridized carbons (Fsp3) is 0.286. The molecule has 1 unspecified atom stereocenters. The van der Waals surface area contributed by atoms with E-state index < -0.39 is 0 Å². The van der Waals surface area contributed by atoms with Gasteiger partial charge in [-0.25, -0.2) is 4.79 Å². The third-order valence-electron chi connectivity index (χ3n) is 4.58. The number of benzene rings is 2. The predicted molar refractivity (Wildman–Crippen MR) is 102 cm³/mol. The van der Waals surface area contributed by atoms with Crippen molar-refractivity contribution in [1.29, 1.82) is 0 Å². The lowest BCUT2D eigenvalue weighted by Crippen LogP contribution is -2.33. The van der Waals surface area contributed by atoms with Crippen LogP contribution >= 0.6 is 0 Å². The van der Waals surface area contributed by atoms with Gasteiger partial charge in [0, 0.05) is 11.6 Å². The van der Waals surface area contributed by atoms with E-state index in [-0.39, 0.29) is 37.0 Å². The largest absolute Gasteiger partial charge is 0.350 e. The van der Waals surface area contributed by atoms with Gasteiger partial charge in [-0.2, -0.15) is 0 Å². The van der Waals surface area contributed by atoms with E-state index in [1.807, 2.05) is 25.1 Å². The molecule has 2 aromatic rings. The van der Waals surface area contributed by atoms with Crippen LogP contribution in [-0.2, 0) is 17.8 Å². The number of imide groups is 1. The lowest BCUT2D eigenvalue weighted by molar-refractivity contribution is -0.125. The number of amides is 4. The summed E-state index contributed by atoms with van der Waals surface area (Å²) in [7, 11) is 0. The van der Waals surface area contributed by atoms with Crippen molar-refractivity contribution < 1.29 is 14.4 Å². The van der Waals surface area contributed by atoms with Crippen LogP contribution in [0.1, 0.15) is 34.8 Å². The molecule has 0 aromatic heterocycles. The summed E-state index contributed by atoms with van der Waals surface area (Å²) in [5.74, 6) is -0.369. The minimum absolute atomic E-state index is 0.0419. The van der Waals surface area contributed by atoms with Crippen LogP contribution < -0.4 is 10.6 Å². The first-order valence-electron chi connectivity index (χ1n) is 9.05. The maximum absolute atomic E-state index is 12.4. The lowest BCUT2D eigenvalue weighted by Gasteiger charge is -2.15. The third kappa shape index (κ3) is 4.94. The fourth-order valence-corrected chi connectivity index (χ4v) is 2.97. The number of carbonyl (C=O) groups is 3. The number of carbonyl (C=O) groups excluding carboxylic acids is 3. The maximum Gasteiger partial charge on any atom is 0.324 e. The summed E-state index contributed by atoms with van der Waals surface area (Å²) in [6, 6.07) is 16.8. The van der Waals surface area contributed by atoms with Crippen LogP contribution in [0.2, 0.25) is 0 Å². The Kier molecular flexibility index (Phi) is 5.86. The van der Waals surface area contributed by atoms with E-state index in [0.29, 0.717) is 5.56 Å². The Bertz CT molecular complexity index is 802. The summed E-state index contributed by atoms with van der Waals surface area (Å²) < 4.78 is 0. The average molecular weight is 365 g/mol. The number of hydrogen-bond acceptors (Lipinski definition) is 3. The fourth-order valence-electron chi connectivity index (χ4n) is 2.97. The SMILES string of the molecule is CC(CCc1ccccc1)NC(=O)c1ccc(CN2C(=O)CNC2=O)cc1. The predicted octanol–water partition coefficient (Wildman–Crippen LogP) is 2.49. The second-order valence-electron chi connectivity index (χ2n) is 6.73. The standard InChI is InChI=1S/C21H23N3O3/c1-15(7-8-16-5-3-2-4-6-16)23-20(26)18-11-9-17(10-12-18)14-24-19(25)13-22-21(24)27/h2-6,9-12,15H,7-8,13-14H2,1H3,(H,22,27)(H,23,26). The molecule has 1 aliphatic heterocycles. The van der Waals surface area contributed by atoms with Crippen LogP contribution in [0, 0.1) is 0 Å². The highest BCUT2D eigenvalue weighted by Gasteiger charge is 2.28. The van der Waals surface area contributed by atoms with E-state index in [1.165, 1.54) is 10.5 Å². The molecule has 0 spiro atoms. The molecule has 1 atom stereocenters. The molecule has 0 bridgehead atoms. The van der Waals surface area contributed by atoms with Gasteiger partial charge in [-0.15, -0.1) is 0 Å². The van der Waals surface area contributed by atoms with Gasteiger partial charge in [-0.1, -0.05) is 42.5 Å². The topological polar surface area (TPSA) is 78.5 Å². The molecule has 1 aliphatic rings. The van der Waals surface area contributed by atoms with Gasteiger partial charge < -0.3 is 10.6 Å². The van der Waals surface area contributed by atoms with Crippen molar-refractivity contribution in [2.45, 2.75) is 32.4 Å². The van der Waals surface area contributed by atoms with Gasteiger partial charge in [0.05, 0.1) is 13.1 Å². The van der Waals surface area contributed by atoms with Crippen molar-refractivity contribution in [3.8, 4) is 0 Å². The molecule has 1 fully saturated rings. The van der Waals surface area contributed by atoms with Crippen LogP contribution in [-0.4, -0.2) is 35.3 Å². The molecular formula is C21H23N3O3. The Balaban J connectivity index is 1.51. The van der Waals surface area contributed by atoms with Crippen LogP contribution in [0.15, 0.2) is 54.6 Å². The summed E-state index contributed by atoms with van der Waals surface area (Å²) in [6.45, 7) is 2.24. The smallest absolute Gasteiger partial charge is 0.324 e. The Morgan fingerprint density at radius 2 is 1.78 bits per heavy atom. The molecule has 0 saturated carbocycles. The third-order valence-corrected chi connectivity index (χ3v) is 4.58. The minimum Gasteiger partial charge on any atom is -0.350 e. The molecule has 4 amide bonds. The summed E-state index contributed by atoms with van der Waals surface area (Å²) in [6.07, 6.45) is 1.77. The molecule has 3 rings (SSSR count). The summed E-state index contributed by atoms with van der Waals surface area (Å²) in [5.41, 5.74) is 2.61. The number of nitrogens with one attached hydrogen (secondary N) is 2. The second-order valence-corrected chi connectivity index (χ2v) is 6.73. The van der Waals surface area contributed by atoms with Crippen molar-refractivity contribution >= 4 is 17.8 Å². The second kappa shape index (κ2) is 8.49. The van der Waals surface area contributed by atoms with Gasteiger partial charge >= 0.3 is 6.03 Å². The van der Waals surface area contributed by atoms with Crippen molar-refractivity contribution in [2.75, 3.05) is 6.54 Å². The van der Waals surface area contributed by atoms with Crippen LogP contribution in [0.3, 0.4) is 0 Å². The van der Waals surface area contributed by atoms with Gasteiger partial charge in [0.2, 0.25) is 5.91 Å². The monoisotopic (exact) mass is 365 g/mol. The quantitative estimate of drug-likeness (QED) is 0.740. The van der Waals surface area contributed by atoms with Gasteiger partial charge in [-0.05, 0) is 43.0 Å². The zero-order chi connectivity index (χ0) is 19.2. The van der Waals surface area contributed by atoms with E-state index in [9.17, 15) is 14.4 Å². The van der Waals surface area contributed by atoms with Gasteiger partial charge in [0.15, 0.2) is 0 Å². The first-order chi connectivity index (χ1) is 13.0. The molecule has 2 aromatic carbocycles. The highest BCUT2D eigenvalue weighted by molar-refractivity contribution is 6.01. The molecule has 0 radical (unpaired) electrons. The first kappa shape index (κ1) is 18.6. The Labute approximate surface area is 158 Å². The van der Waals surface area contributed by atoms with E-state index in [2.05, 4.69) is 22.8 Å². The molecule has 1 heterocycles. The van der Waals surface area contributed by atoms with Crippen molar-refractivity contribution in [1.82, 2.24) is 15.5 Å². The van der Waals surface area contributed by atoms with E-state index in [0.717, 1.165) is 18.4 Å². The van der Waals surface area contributed by atoms with Crippen LogP contribution in [0.25, 0.3) is 0 Å². The Hall–Kier alpha value is -3.15. The summed E-state index contributed by atoms with van der Waals surface area (Å²) >= 11 is 0. The molecule has 140 valence electrons. The van der Waals surface area contributed by atoms with Gasteiger partial charge in [-0.3, -0.25) is 14.5 Å². The van der Waals surface area contributed by atoms with Gasteiger partial charge in [0.25, 0.3) is 5.91 Å². The molecule has 2 N–H and O–H groups in total. The first-order valence-corrected chi connectivity index (χ1v) is 9.05. The van der Waals surface area contributed by atoms with Crippen molar-refractivity contribution in [3.05, 3.63) is 71.3 Å². The number of aryl methyl sites for hydroxylation is 1. The van der Waals surface area contributed by atoms with Crippen molar-refractivity contribution in [3.63, 3.8) is 0 Å². The van der Waals surface area contributed by atoms with Crippen molar-refractivity contribution in [2.24, 2.45) is 0 Å². The molecular weight excluding hydrogens is 342 g/mol. The van der Waals surface area contributed by atoms with Crippen LogP contribution in [0.5, 0.6) is 0 Å². The van der Waals surface area contributed by atoms with E-state index >= 15 is 0 Å². The average Bonchev–Trinajstić information content (AvgIpc) is 3.00. The number of rotatable bonds is 7. The Morgan fingerprint density at radius 3 is 2.41 bits per heavy atom. The van der Waals surface area contributed by atoms with Crippen LogP contribution in [0.4, 0.5) is 4.79 Å². The van der Waals surface area contributed by atoms with Gasteiger partial charge in [0.1, 0.15) is 0 Å². The minimum atomic E-state index is -0.380. The highest BCUT2D eigenvalue weighted by atomic mass is 16.2. The normalized spacial score (nSPS) is 14.8. The number of nitrogens with zero attached hydrogens (tertiary/aromatic N) is 1. The summed E-state index contributed by atoms with van der Waals surface area (Å²) in [4.78, 5) is 36.8. The zero-order valence-corrected chi connectivity index (χ0v) is 15.3. The molecule has 1 saturated heterocycles.